The molecule has 4 aromatic carbocycles. The Bertz CT molecular complexity index is 1790. The van der Waals surface area contributed by atoms with Gasteiger partial charge in [-0.3, -0.25) is 19.4 Å². The molecule has 0 heterocycles. The number of benzene rings is 4. The van der Waals surface area contributed by atoms with Gasteiger partial charge in [-0.05, 0) is 48.5 Å². The van der Waals surface area contributed by atoms with E-state index in [1.165, 1.54) is 6.20 Å². The number of hydrogen-bond donors (Lipinski definition) is 5. The molecule has 0 saturated carbocycles. The number of carbonyl (C=O) groups excluding carboxylic acids is 3. The van der Waals surface area contributed by atoms with Crippen molar-refractivity contribution in [1.82, 2.24) is 0 Å². The minimum absolute atomic E-state index is 0. The van der Waals surface area contributed by atoms with Gasteiger partial charge >= 0.3 is 35.5 Å². The maximum Gasteiger partial charge on any atom is 1.00 e. The molecule has 9 N–H and O–H groups in total. The van der Waals surface area contributed by atoms with Crippen LogP contribution in [0, 0.1) is 0 Å². The van der Waals surface area contributed by atoms with E-state index in [0.717, 1.165) is 22.7 Å². The quantitative estimate of drug-likeness (QED) is 0.0311. The maximum atomic E-state index is 10.1. The second-order valence-corrected chi connectivity index (χ2v) is 11.0. The second kappa shape index (κ2) is 37.9. The molecule has 0 aromatic heterocycles. The van der Waals surface area contributed by atoms with Crippen LogP contribution >= 0.6 is 58.0 Å². The van der Waals surface area contributed by atoms with Crippen LogP contribution in [-0.4, -0.2) is 52.2 Å². The molecular weight excluding hydrogens is 829 g/mol. The largest absolute Gasteiger partial charge is 1.00 e. The molecule has 55 heavy (non-hydrogen) atoms. The van der Waals surface area contributed by atoms with Gasteiger partial charge in [-0.2, -0.15) is 0 Å². The van der Waals surface area contributed by atoms with Gasteiger partial charge in [-0.15, -0.1) is 0 Å². The number of carboxylic acid groups (broad SMARTS) is 1. The summed E-state index contributed by atoms with van der Waals surface area (Å²) in [5, 5.41) is 21.2. The molecule has 18 heteroatoms. The Balaban J connectivity index is -0.000000310. The molecule has 4 aromatic rings. The molecule has 0 amide bonds. The van der Waals surface area contributed by atoms with Gasteiger partial charge in [0, 0.05) is 35.7 Å². The molecule has 12 nitrogen and oxygen atoms in total. The van der Waals surface area contributed by atoms with Crippen molar-refractivity contribution in [3.63, 3.8) is 0 Å². The molecule has 0 saturated heterocycles. The van der Waals surface area contributed by atoms with Crippen LogP contribution in [0.2, 0.25) is 0 Å². The fraction of sp³-hybridized carbons (Fsp3) is 0. The minimum Gasteiger partial charge on any atom is -0.870 e. The smallest absolute Gasteiger partial charge is 0.870 e. The van der Waals surface area contributed by atoms with Gasteiger partial charge < -0.3 is 37.5 Å². The summed E-state index contributed by atoms with van der Waals surface area (Å²) in [7, 11) is 0. The first-order valence-electron chi connectivity index (χ1n) is 14.3. The molecule has 0 aliphatic heterocycles. The first-order valence-corrected chi connectivity index (χ1v) is 16.2. The first kappa shape index (κ1) is 57.3. The summed E-state index contributed by atoms with van der Waals surface area (Å²) in [4.78, 5) is 43.3. The molecule has 0 spiro atoms. The fourth-order valence-corrected chi connectivity index (χ4v) is 3.02. The van der Waals surface area contributed by atoms with Gasteiger partial charge in [0.1, 0.15) is 21.4 Å². The monoisotopic (exact) mass is 862 g/mol. The van der Waals surface area contributed by atoms with Crippen molar-refractivity contribution in [1.29, 1.82) is 0 Å². The van der Waals surface area contributed by atoms with Crippen LogP contribution in [0.3, 0.4) is 0 Å². The second-order valence-electron chi connectivity index (χ2n) is 8.92. The van der Waals surface area contributed by atoms with Crippen molar-refractivity contribution >= 4 is 112 Å². The number of nitrogens with two attached hydrogens (primary N) is 1. The third kappa shape index (κ3) is 32.7. The van der Waals surface area contributed by atoms with E-state index in [2.05, 4.69) is 15.6 Å². The van der Waals surface area contributed by atoms with Crippen molar-refractivity contribution < 1.29 is 69.9 Å². The number of anilines is 3. The minimum atomic E-state index is -1.41. The van der Waals surface area contributed by atoms with Crippen LogP contribution in [0.5, 0.6) is 0 Å². The molecular formula is C37H36Cl5N4NaO8. The number of nitrogen functional groups attached to an aromatic ring is 1. The van der Waals surface area contributed by atoms with Crippen molar-refractivity contribution in [2.45, 2.75) is 0 Å². The van der Waals surface area contributed by atoms with Crippen LogP contribution in [0.25, 0.3) is 0 Å². The Labute approximate surface area is 365 Å². The number of aliphatic imine (C=N–C) groups is 1. The van der Waals surface area contributed by atoms with E-state index in [-0.39, 0.29) is 56.9 Å². The Morgan fingerprint density at radius 1 is 0.618 bits per heavy atom. The molecule has 0 fully saturated rings. The number of para-hydroxylation sites is 4. The maximum absolute atomic E-state index is 10.1. The number of allylic oxidation sites excluding steroid dienone is 4. The molecule has 0 unspecified atom stereocenters. The number of rotatable bonds is 10. The number of halogens is 5. The van der Waals surface area contributed by atoms with E-state index in [9.17, 15) is 19.2 Å². The summed E-state index contributed by atoms with van der Waals surface area (Å²) in [6.07, 6.45) is 6.41. The molecule has 0 bridgehead atoms. The molecule has 0 radical (unpaired) electrons. The molecule has 288 valence electrons. The number of aliphatic carboxylic acids is 1. The third-order valence-electron chi connectivity index (χ3n) is 5.04. The number of aliphatic hydroxyl groups excluding tert-OH is 1. The van der Waals surface area contributed by atoms with E-state index in [1.807, 2.05) is 121 Å². The van der Waals surface area contributed by atoms with Crippen molar-refractivity contribution in [3.05, 3.63) is 165 Å². The van der Waals surface area contributed by atoms with Gasteiger partial charge in [0.25, 0.3) is 0 Å². The van der Waals surface area contributed by atoms with Crippen LogP contribution in [0.4, 0.5) is 22.7 Å². The van der Waals surface area contributed by atoms with Crippen molar-refractivity contribution in [2.24, 2.45) is 4.99 Å². The number of carboxylic acids is 1. The van der Waals surface area contributed by atoms with Gasteiger partial charge in [-0.25, -0.2) is 4.79 Å². The zero-order valence-electron chi connectivity index (χ0n) is 29.0. The predicted molar refractivity (Wildman–Crippen MR) is 220 cm³/mol. The summed E-state index contributed by atoms with van der Waals surface area (Å²) in [5.74, 6) is -1.41. The van der Waals surface area contributed by atoms with Gasteiger partial charge in [0.05, 0.1) is 15.8 Å². The normalized spacial score (nSPS) is 10.5. The van der Waals surface area contributed by atoms with E-state index < -0.39 is 16.0 Å². The Kier molecular flexibility index (Phi) is 39.4. The van der Waals surface area contributed by atoms with E-state index in [1.54, 1.807) is 12.4 Å². The van der Waals surface area contributed by atoms with Crippen molar-refractivity contribution in [2.75, 3.05) is 16.4 Å². The summed E-state index contributed by atoms with van der Waals surface area (Å²) < 4.78 is 0. The third-order valence-corrected chi connectivity index (χ3v) is 6.37. The Morgan fingerprint density at radius 2 is 1.00 bits per heavy atom. The standard InChI is InChI=1S/C15H13ClN2.C9H8ClNO.C6H7N.C4H2Cl2O3.C3H3ClO2.Na.2H2O/c16-13(11-17-14-7-3-1-4-8-14)12-18-15-9-5-2-6-10-15;10-8(7-12)6-11-9-4-2-1-3-5-9;7-6-4-2-1-3-5-6;5-2(1-7)3(6)4(8)9;4-3(1-5)2-6;;;/h1-12,17H;1-7,11H;1-5H,7H2;1H,(H,8,9);1-2,5H;;2*1H2/q;;;;;+1;;/p-1/b13-11-,18-12?;8-6-;;3-2-;3-1+;;;. The molecule has 0 aliphatic carbocycles. The SMILES string of the molecule is Cl/C(C=Nc1ccccc1)=C\Nc1ccccc1.Nc1ccccc1.O.O=C/C(Cl)=C(/Cl)C(=O)O.O=C/C(Cl)=C/Nc1ccccc1.O=C/C(Cl)=C\O.[Na+].[OH-]. The van der Waals surface area contributed by atoms with Crippen LogP contribution in [0.15, 0.2) is 170 Å². The van der Waals surface area contributed by atoms with E-state index in [0.29, 0.717) is 23.9 Å². The zero-order valence-corrected chi connectivity index (χ0v) is 34.8. The Morgan fingerprint density at radius 3 is 1.29 bits per heavy atom. The fourth-order valence-electron chi connectivity index (χ4n) is 2.73. The van der Waals surface area contributed by atoms with Gasteiger partial charge in [0.15, 0.2) is 18.9 Å². The van der Waals surface area contributed by atoms with Gasteiger partial charge in [-0.1, -0.05) is 131 Å². The number of aliphatic hydroxyl groups is 1. The number of nitrogens with zero attached hydrogens (tertiary/aromatic N) is 1. The molecule has 0 aliphatic rings. The van der Waals surface area contributed by atoms with Crippen LogP contribution < -0.4 is 45.9 Å². The number of hydrogen-bond acceptors (Lipinski definition) is 10. The zero-order chi connectivity index (χ0) is 39.0. The number of aldehydes is 3. The molecule has 4 rings (SSSR count). The summed E-state index contributed by atoms with van der Waals surface area (Å²) >= 11 is 26.4. The topological polar surface area (TPSA) is 233 Å². The average Bonchev–Trinajstić information content (AvgIpc) is 3.19. The van der Waals surface area contributed by atoms with E-state index >= 15 is 0 Å². The predicted octanol–water partition coefficient (Wildman–Crippen LogP) is 6.01. The molecule has 0 atom stereocenters. The summed E-state index contributed by atoms with van der Waals surface area (Å²) in [5.41, 5.74) is 8.95. The average molecular weight is 865 g/mol. The first-order chi connectivity index (χ1) is 25.0. The summed E-state index contributed by atoms with van der Waals surface area (Å²) in [6, 6.07) is 38.4. The van der Waals surface area contributed by atoms with Gasteiger partial charge in [0.2, 0.25) is 0 Å². The Hall–Kier alpha value is -4.44. The van der Waals surface area contributed by atoms with Crippen LogP contribution in [-0.2, 0) is 19.2 Å². The summed E-state index contributed by atoms with van der Waals surface area (Å²) in [6.45, 7) is 0. The van der Waals surface area contributed by atoms with E-state index in [4.69, 9.17) is 74.0 Å². The number of nitrogens with one attached hydrogen (secondary N) is 2. The number of carbonyl (C=O) groups is 4. The van der Waals surface area contributed by atoms with Crippen LogP contribution in [0.1, 0.15) is 0 Å². The van der Waals surface area contributed by atoms with Crippen molar-refractivity contribution in [3.8, 4) is 0 Å².